The summed E-state index contributed by atoms with van der Waals surface area (Å²) < 4.78 is 13.2. The third kappa shape index (κ3) is 5.38. The van der Waals surface area contributed by atoms with Gasteiger partial charge in [-0.3, -0.25) is 0 Å². The zero-order chi connectivity index (χ0) is 26.5. The van der Waals surface area contributed by atoms with E-state index in [2.05, 4.69) is 51.6 Å². The number of piperazine rings is 1. The van der Waals surface area contributed by atoms with Crippen LogP contribution >= 0.6 is 0 Å². The Hall–Kier alpha value is -3.86. The Labute approximate surface area is 224 Å². The van der Waals surface area contributed by atoms with Gasteiger partial charge in [-0.25, -0.2) is 4.98 Å². The maximum atomic E-state index is 9.26. The molecule has 0 N–H and O–H groups in total. The van der Waals surface area contributed by atoms with Crippen molar-refractivity contribution in [3.05, 3.63) is 72.1 Å². The van der Waals surface area contributed by atoms with Gasteiger partial charge < -0.3 is 23.7 Å². The highest BCUT2D eigenvalue weighted by Gasteiger charge is 2.19. The van der Waals surface area contributed by atoms with E-state index in [1.54, 1.807) is 14.2 Å². The van der Waals surface area contributed by atoms with E-state index in [1.807, 2.05) is 36.4 Å². The summed E-state index contributed by atoms with van der Waals surface area (Å²) in [5.74, 6) is 1.42. The van der Waals surface area contributed by atoms with Crippen LogP contribution in [0.1, 0.15) is 24.6 Å². The molecule has 2 aromatic heterocycles. The number of nitrogens with zero attached hydrogens (tertiary/aromatic N) is 5. The second kappa shape index (κ2) is 11.7. The van der Waals surface area contributed by atoms with Crippen LogP contribution in [0.15, 0.2) is 60.8 Å². The molecule has 196 valence electrons. The van der Waals surface area contributed by atoms with Gasteiger partial charge in [-0.15, -0.1) is 0 Å². The molecule has 7 heteroatoms. The predicted octanol–water partition coefficient (Wildman–Crippen LogP) is 5.13. The molecule has 1 fully saturated rings. The topological polar surface area (TPSA) is 66.0 Å². The number of ether oxygens (including phenoxy) is 2. The minimum absolute atomic E-state index is 0.653. The van der Waals surface area contributed by atoms with Gasteiger partial charge in [0.25, 0.3) is 0 Å². The third-order valence-corrected chi connectivity index (χ3v) is 7.39. The molecule has 0 bridgehead atoms. The highest BCUT2D eigenvalue weighted by Crippen LogP contribution is 2.33. The van der Waals surface area contributed by atoms with Crippen molar-refractivity contribution in [2.24, 2.45) is 0 Å². The zero-order valence-electron chi connectivity index (χ0n) is 22.5. The van der Waals surface area contributed by atoms with E-state index >= 15 is 0 Å². The highest BCUT2D eigenvalue weighted by molar-refractivity contribution is 5.72. The first kappa shape index (κ1) is 25.8. The van der Waals surface area contributed by atoms with Crippen LogP contribution in [0.2, 0.25) is 0 Å². The summed E-state index contributed by atoms with van der Waals surface area (Å²) >= 11 is 0. The fourth-order valence-electron chi connectivity index (χ4n) is 5.27. The van der Waals surface area contributed by atoms with Gasteiger partial charge in [0.15, 0.2) is 11.5 Å². The fraction of sp³-hybridized carbons (Fsp3) is 0.355. The Kier molecular flexibility index (Phi) is 7.92. The normalized spacial score (nSPS) is 14.5. The molecular formula is C31H35N5O2. The molecule has 5 rings (SSSR count). The SMILES string of the molecule is CCCN1CCN(CCc2c(-c3ccc(C#N)cc3)nc3ccc(-c4ccc(OC)c(OC)c4)cn23)CC1. The molecule has 0 unspecified atom stereocenters. The Morgan fingerprint density at radius 2 is 1.47 bits per heavy atom. The second-order valence-electron chi connectivity index (χ2n) is 9.75. The quantitative estimate of drug-likeness (QED) is 0.312. The molecule has 3 heterocycles. The zero-order valence-corrected chi connectivity index (χ0v) is 22.5. The van der Waals surface area contributed by atoms with E-state index in [1.165, 1.54) is 18.7 Å². The summed E-state index contributed by atoms with van der Waals surface area (Å²) in [6.45, 7) is 8.87. The van der Waals surface area contributed by atoms with E-state index in [0.29, 0.717) is 17.1 Å². The van der Waals surface area contributed by atoms with E-state index in [-0.39, 0.29) is 0 Å². The first-order valence-corrected chi connectivity index (χ1v) is 13.3. The van der Waals surface area contributed by atoms with Crippen LogP contribution in [0.25, 0.3) is 28.0 Å². The summed E-state index contributed by atoms with van der Waals surface area (Å²) in [5, 5.41) is 9.26. The van der Waals surface area contributed by atoms with Crippen LogP contribution in [-0.4, -0.2) is 72.7 Å². The number of imidazole rings is 1. The first-order chi connectivity index (χ1) is 18.6. The van der Waals surface area contributed by atoms with Gasteiger partial charge in [-0.2, -0.15) is 5.26 Å². The predicted molar refractivity (Wildman–Crippen MR) is 151 cm³/mol. The van der Waals surface area contributed by atoms with Crippen molar-refractivity contribution in [1.29, 1.82) is 5.26 Å². The van der Waals surface area contributed by atoms with Crippen molar-refractivity contribution in [3.8, 4) is 40.0 Å². The summed E-state index contributed by atoms with van der Waals surface area (Å²) in [4.78, 5) is 10.2. The lowest BCUT2D eigenvalue weighted by molar-refractivity contribution is 0.133. The fourth-order valence-corrected chi connectivity index (χ4v) is 5.27. The average molecular weight is 510 g/mol. The van der Waals surface area contributed by atoms with Crippen molar-refractivity contribution < 1.29 is 9.47 Å². The maximum Gasteiger partial charge on any atom is 0.161 e. The van der Waals surface area contributed by atoms with Crippen LogP contribution in [-0.2, 0) is 6.42 Å². The number of rotatable bonds is 9. The molecule has 38 heavy (non-hydrogen) atoms. The molecule has 0 aliphatic carbocycles. The monoisotopic (exact) mass is 509 g/mol. The van der Waals surface area contributed by atoms with Gasteiger partial charge in [0.2, 0.25) is 0 Å². The number of hydrogen-bond donors (Lipinski definition) is 0. The van der Waals surface area contributed by atoms with E-state index in [0.717, 1.165) is 67.2 Å². The summed E-state index contributed by atoms with van der Waals surface area (Å²) in [6.07, 6.45) is 4.27. The number of nitriles is 1. The maximum absolute atomic E-state index is 9.26. The van der Waals surface area contributed by atoms with Crippen molar-refractivity contribution >= 4 is 5.65 Å². The number of fused-ring (bicyclic) bond motifs is 1. The molecule has 1 aliphatic rings. The number of hydrogen-bond acceptors (Lipinski definition) is 6. The molecule has 1 aliphatic heterocycles. The summed E-state index contributed by atoms with van der Waals surface area (Å²) in [5.41, 5.74) is 6.89. The molecule has 0 radical (unpaired) electrons. The van der Waals surface area contributed by atoms with Crippen molar-refractivity contribution in [1.82, 2.24) is 19.2 Å². The lowest BCUT2D eigenvalue weighted by Gasteiger charge is -2.34. The Morgan fingerprint density at radius 1 is 0.816 bits per heavy atom. The van der Waals surface area contributed by atoms with Crippen LogP contribution in [0.3, 0.4) is 0 Å². The number of aromatic nitrogens is 2. The first-order valence-electron chi connectivity index (χ1n) is 13.3. The largest absolute Gasteiger partial charge is 0.493 e. The van der Waals surface area contributed by atoms with Crippen LogP contribution < -0.4 is 9.47 Å². The van der Waals surface area contributed by atoms with Gasteiger partial charge in [-0.1, -0.05) is 25.1 Å². The van der Waals surface area contributed by atoms with E-state index in [4.69, 9.17) is 14.5 Å². The van der Waals surface area contributed by atoms with Gasteiger partial charge in [0, 0.05) is 50.9 Å². The number of methoxy groups -OCH3 is 2. The molecule has 0 atom stereocenters. The minimum atomic E-state index is 0.653. The van der Waals surface area contributed by atoms with Crippen molar-refractivity contribution in [2.45, 2.75) is 19.8 Å². The minimum Gasteiger partial charge on any atom is -0.493 e. The lowest BCUT2D eigenvalue weighted by Crippen LogP contribution is -2.47. The Balaban J connectivity index is 1.50. The van der Waals surface area contributed by atoms with E-state index < -0.39 is 0 Å². The molecule has 7 nitrogen and oxygen atoms in total. The van der Waals surface area contributed by atoms with Crippen LogP contribution in [0, 0.1) is 11.3 Å². The number of pyridine rings is 1. The van der Waals surface area contributed by atoms with Gasteiger partial charge in [0.05, 0.1) is 37.2 Å². The molecule has 4 aromatic rings. The summed E-state index contributed by atoms with van der Waals surface area (Å²) in [6, 6.07) is 20.1. The third-order valence-electron chi connectivity index (χ3n) is 7.39. The Bertz CT molecular complexity index is 1430. The summed E-state index contributed by atoms with van der Waals surface area (Å²) in [7, 11) is 3.31. The van der Waals surface area contributed by atoms with Gasteiger partial charge >= 0.3 is 0 Å². The van der Waals surface area contributed by atoms with Crippen molar-refractivity contribution in [2.75, 3.05) is 53.5 Å². The van der Waals surface area contributed by atoms with Crippen molar-refractivity contribution in [3.63, 3.8) is 0 Å². The highest BCUT2D eigenvalue weighted by atomic mass is 16.5. The smallest absolute Gasteiger partial charge is 0.161 e. The molecule has 0 amide bonds. The molecule has 2 aromatic carbocycles. The molecule has 0 spiro atoms. The number of benzene rings is 2. The Morgan fingerprint density at radius 3 is 2.13 bits per heavy atom. The van der Waals surface area contributed by atoms with Crippen LogP contribution in [0.4, 0.5) is 0 Å². The van der Waals surface area contributed by atoms with Gasteiger partial charge in [-0.05, 0) is 60.5 Å². The average Bonchev–Trinajstić information content (AvgIpc) is 3.34. The molecule has 0 saturated carbocycles. The molecule has 1 saturated heterocycles. The van der Waals surface area contributed by atoms with Gasteiger partial charge in [0.1, 0.15) is 5.65 Å². The molecular weight excluding hydrogens is 474 g/mol. The second-order valence-corrected chi connectivity index (χ2v) is 9.75. The standard InChI is InChI=1S/C31H35N5O2/c1-4-14-34-16-18-35(19-17-34)15-13-27-31(24-7-5-23(21-32)6-8-24)33-30-12-10-26(22-36(27)30)25-9-11-28(37-2)29(20-25)38-3/h5-12,20,22H,4,13-19H2,1-3H3. The van der Waals surface area contributed by atoms with E-state index in [9.17, 15) is 5.26 Å². The lowest BCUT2D eigenvalue weighted by atomic mass is 10.1. The van der Waals surface area contributed by atoms with Crippen LogP contribution in [0.5, 0.6) is 11.5 Å².